The first kappa shape index (κ1) is 18.0. The van der Waals surface area contributed by atoms with Gasteiger partial charge in [0.2, 0.25) is 5.91 Å². The highest BCUT2D eigenvalue weighted by atomic mass is 35.5. The van der Waals surface area contributed by atoms with Crippen molar-refractivity contribution in [2.24, 2.45) is 5.92 Å². The van der Waals surface area contributed by atoms with Gasteiger partial charge in [-0.05, 0) is 57.5 Å². The summed E-state index contributed by atoms with van der Waals surface area (Å²) in [6.07, 6.45) is 10.6. The highest BCUT2D eigenvalue weighted by Crippen LogP contribution is 2.27. The summed E-state index contributed by atoms with van der Waals surface area (Å²) in [6, 6.07) is 0.489. The second-order valence-electron chi connectivity index (χ2n) is 7.02. The number of rotatable bonds is 6. The molecule has 0 aromatic carbocycles. The number of halogens is 1. The van der Waals surface area contributed by atoms with E-state index >= 15 is 0 Å². The lowest BCUT2D eigenvalue weighted by Crippen LogP contribution is -2.43. The molecular weight excluding hydrogens is 300 g/mol. The molecule has 2 unspecified atom stereocenters. The lowest BCUT2D eigenvalue weighted by molar-refractivity contribution is -0.135. The molecule has 1 amide bonds. The molecule has 0 radical (unpaired) electrons. The second-order valence-corrected chi connectivity index (χ2v) is 7.02. The summed E-state index contributed by atoms with van der Waals surface area (Å²) in [7, 11) is 0. The Labute approximate surface area is 140 Å². The van der Waals surface area contributed by atoms with Crippen molar-refractivity contribution in [2.75, 3.05) is 26.2 Å². The van der Waals surface area contributed by atoms with Crippen molar-refractivity contribution in [3.8, 4) is 0 Å². The molecule has 2 saturated heterocycles. The van der Waals surface area contributed by atoms with Crippen LogP contribution in [0.4, 0.5) is 0 Å². The summed E-state index contributed by atoms with van der Waals surface area (Å²) in [5.74, 6) is 1.09. The second kappa shape index (κ2) is 9.09. The molecule has 0 aromatic heterocycles. The van der Waals surface area contributed by atoms with Gasteiger partial charge in [-0.15, -0.1) is 12.4 Å². The van der Waals surface area contributed by atoms with Gasteiger partial charge >= 0.3 is 0 Å². The third kappa shape index (κ3) is 4.84. The van der Waals surface area contributed by atoms with Gasteiger partial charge in [-0.2, -0.15) is 0 Å². The summed E-state index contributed by atoms with van der Waals surface area (Å²) in [4.78, 5) is 14.9. The van der Waals surface area contributed by atoms with Crippen LogP contribution in [0.2, 0.25) is 0 Å². The quantitative estimate of drug-likeness (QED) is 0.814. The van der Waals surface area contributed by atoms with Crippen molar-refractivity contribution >= 4 is 18.3 Å². The molecule has 1 aliphatic carbocycles. The number of hydrogen-bond acceptors (Lipinski definition) is 3. The number of amides is 1. The summed E-state index contributed by atoms with van der Waals surface area (Å²) >= 11 is 0. The minimum Gasteiger partial charge on any atom is -0.376 e. The average Bonchev–Trinajstić information content (AvgIpc) is 3.25. The van der Waals surface area contributed by atoms with E-state index in [-0.39, 0.29) is 12.4 Å². The van der Waals surface area contributed by atoms with Crippen LogP contribution >= 0.6 is 12.4 Å². The fourth-order valence-electron chi connectivity index (χ4n) is 4.11. The maximum atomic E-state index is 12.7. The van der Waals surface area contributed by atoms with E-state index in [4.69, 9.17) is 4.74 Å². The van der Waals surface area contributed by atoms with Crippen LogP contribution in [-0.2, 0) is 9.53 Å². The van der Waals surface area contributed by atoms with Crippen LogP contribution in [0.1, 0.15) is 57.8 Å². The van der Waals surface area contributed by atoms with Gasteiger partial charge in [-0.25, -0.2) is 0 Å². The normalized spacial score (nSPS) is 28.7. The number of carbonyl (C=O) groups is 1. The van der Waals surface area contributed by atoms with Gasteiger partial charge in [0.1, 0.15) is 0 Å². The Morgan fingerprint density at radius 3 is 2.59 bits per heavy atom. The van der Waals surface area contributed by atoms with Gasteiger partial charge in [0, 0.05) is 25.6 Å². The fraction of sp³-hybridized carbons (Fsp3) is 0.941. The molecule has 0 aromatic rings. The van der Waals surface area contributed by atoms with E-state index < -0.39 is 0 Å². The van der Waals surface area contributed by atoms with Crippen molar-refractivity contribution in [1.29, 1.82) is 0 Å². The van der Waals surface area contributed by atoms with Crippen LogP contribution in [0.3, 0.4) is 0 Å². The zero-order chi connectivity index (χ0) is 14.5. The van der Waals surface area contributed by atoms with E-state index in [0.29, 0.717) is 24.0 Å². The first-order valence-corrected chi connectivity index (χ1v) is 8.94. The molecule has 3 rings (SSSR count). The zero-order valence-corrected chi connectivity index (χ0v) is 14.4. The lowest BCUT2D eigenvalue weighted by Gasteiger charge is -2.31. The Balaban J connectivity index is 0.00000176. The number of nitrogens with zero attached hydrogens (tertiary/aromatic N) is 1. The Hall–Kier alpha value is -0.320. The van der Waals surface area contributed by atoms with Crippen LogP contribution in [0.5, 0.6) is 0 Å². The van der Waals surface area contributed by atoms with Crippen molar-refractivity contribution < 1.29 is 9.53 Å². The number of ether oxygens (including phenoxy) is 1. The third-order valence-electron chi connectivity index (χ3n) is 5.44. The largest absolute Gasteiger partial charge is 0.376 e. The molecule has 3 aliphatic rings. The number of hydrogen-bond donors (Lipinski definition) is 1. The summed E-state index contributed by atoms with van der Waals surface area (Å²) in [6.45, 7) is 3.95. The molecule has 0 spiro atoms. The van der Waals surface area contributed by atoms with Gasteiger partial charge in [0.15, 0.2) is 0 Å². The van der Waals surface area contributed by atoms with Crippen molar-refractivity contribution in [1.82, 2.24) is 10.2 Å². The maximum Gasteiger partial charge on any atom is 0.222 e. The first-order chi connectivity index (χ1) is 10.3. The van der Waals surface area contributed by atoms with Gasteiger partial charge in [-0.3, -0.25) is 4.79 Å². The molecule has 2 aliphatic heterocycles. The van der Waals surface area contributed by atoms with Gasteiger partial charge in [-0.1, -0.05) is 12.8 Å². The average molecular weight is 331 g/mol. The van der Waals surface area contributed by atoms with Crippen molar-refractivity contribution in [3.63, 3.8) is 0 Å². The van der Waals surface area contributed by atoms with Crippen LogP contribution in [-0.4, -0.2) is 49.2 Å². The SMILES string of the molecule is Cl.O=C(CCC1CCNC1)N(CC1CCCO1)C1CCCC1. The molecule has 2 atom stereocenters. The van der Waals surface area contributed by atoms with Gasteiger partial charge < -0.3 is 15.0 Å². The molecule has 2 heterocycles. The van der Waals surface area contributed by atoms with Gasteiger partial charge in [0.25, 0.3) is 0 Å². The molecule has 128 valence electrons. The highest BCUT2D eigenvalue weighted by Gasteiger charge is 2.30. The van der Waals surface area contributed by atoms with Crippen LogP contribution in [0, 0.1) is 5.92 Å². The first-order valence-electron chi connectivity index (χ1n) is 8.94. The third-order valence-corrected chi connectivity index (χ3v) is 5.44. The molecule has 22 heavy (non-hydrogen) atoms. The Morgan fingerprint density at radius 2 is 1.95 bits per heavy atom. The minimum absolute atomic E-state index is 0. The van der Waals surface area contributed by atoms with E-state index in [9.17, 15) is 4.79 Å². The van der Waals surface area contributed by atoms with E-state index in [1.54, 1.807) is 0 Å². The molecule has 4 nitrogen and oxygen atoms in total. The lowest BCUT2D eigenvalue weighted by atomic mass is 10.0. The van der Waals surface area contributed by atoms with Crippen LogP contribution in [0.15, 0.2) is 0 Å². The smallest absolute Gasteiger partial charge is 0.222 e. The number of nitrogens with one attached hydrogen (secondary N) is 1. The van der Waals surface area contributed by atoms with Gasteiger partial charge in [0.05, 0.1) is 6.10 Å². The highest BCUT2D eigenvalue weighted by molar-refractivity contribution is 5.85. The predicted molar refractivity (Wildman–Crippen MR) is 90.4 cm³/mol. The fourth-order valence-corrected chi connectivity index (χ4v) is 4.11. The number of carbonyl (C=O) groups excluding carboxylic acids is 1. The molecule has 1 N–H and O–H groups in total. The predicted octanol–water partition coefficient (Wildman–Crippen LogP) is 2.75. The molecular formula is C17H31ClN2O2. The van der Waals surface area contributed by atoms with E-state index in [1.807, 2.05) is 0 Å². The van der Waals surface area contributed by atoms with Crippen LogP contribution in [0.25, 0.3) is 0 Å². The Kier molecular flexibility index (Phi) is 7.45. The standard InChI is InChI=1S/C17H30N2O2.ClH/c20-17(8-7-14-9-10-18-12-14)19(15-4-1-2-5-15)13-16-6-3-11-21-16;/h14-16,18H,1-13H2;1H. The van der Waals surface area contributed by atoms with Crippen molar-refractivity contribution in [3.05, 3.63) is 0 Å². The molecule has 0 bridgehead atoms. The molecule has 3 fully saturated rings. The molecule has 5 heteroatoms. The zero-order valence-electron chi connectivity index (χ0n) is 13.6. The monoisotopic (exact) mass is 330 g/mol. The minimum atomic E-state index is 0. The van der Waals surface area contributed by atoms with E-state index in [1.165, 1.54) is 32.1 Å². The Morgan fingerprint density at radius 1 is 1.14 bits per heavy atom. The topological polar surface area (TPSA) is 41.6 Å². The summed E-state index contributed by atoms with van der Waals surface area (Å²) in [5.41, 5.74) is 0. The maximum absolute atomic E-state index is 12.7. The Bertz CT molecular complexity index is 336. The molecule has 1 saturated carbocycles. The van der Waals surface area contributed by atoms with E-state index in [2.05, 4.69) is 10.2 Å². The van der Waals surface area contributed by atoms with Crippen molar-refractivity contribution in [2.45, 2.75) is 69.9 Å². The summed E-state index contributed by atoms with van der Waals surface area (Å²) < 4.78 is 5.77. The summed E-state index contributed by atoms with van der Waals surface area (Å²) in [5, 5.41) is 3.39. The van der Waals surface area contributed by atoms with E-state index in [0.717, 1.165) is 51.9 Å². The van der Waals surface area contributed by atoms with Crippen LogP contribution < -0.4 is 5.32 Å².